The van der Waals surface area contributed by atoms with Crippen LogP contribution in [0.15, 0.2) is 34.5 Å². The van der Waals surface area contributed by atoms with Crippen LogP contribution in [0.2, 0.25) is 5.02 Å². The average molecular weight is 339 g/mol. The fourth-order valence-corrected chi connectivity index (χ4v) is 5.55. The lowest BCUT2D eigenvalue weighted by atomic mass is 10.1. The number of thiophene rings is 2. The first-order valence-electron chi connectivity index (χ1n) is 6.01. The first kappa shape index (κ1) is 14.1. The van der Waals surface area contributed by atoms with Gasteiger partial charge in [-0.1, -0.05) is 11.6 Å². The van der Waals surface area contributed by atoms with Gasteiger partial charge in [0.2, 0.25) is 5.12 Å². The summed E-state index contributed by atoms with van der Waals surface area (Å²) in [4.78, 5) is 14.2. The third-order valence-corrected chi connectivity index (χ3v) is 6.85. The van der Waals surface area contributed by atoms with Gasteiger partial charge in [0.25, 0.3) is 0 Å². The maximum Gasteiger partial charge on any atom is 0.234 e. The van der Waals surface area contributed by atoms with Crippen molar-refractivity contribution in [2.24, 2.45) is 0 Å². The van der Waals surface area contributed by atoms with E-state index in [-0.39, 0.29) is 5.12 Å². The number of carbonyl (C=O) groups is 1. The molecule has 0 aliphatic heterocycles. The minimum atomic E-state index is 0.109. The third kappa shape index (κ3) is 2.53. The van der Waals surface area contributed by atoms with Gasteiger partial charge in [0.05, 0.1) is 8.89 Å². The number of hydrogen-bond acceptors (Lipinski definition) is 4. The van der Waals surface area contributed by atoms with E-state index in [1.54, 1.807) is 34.8 Å². The molecule has 5 heteroatoms. The first-order valence-corrected chi connectivity index (χ1v) is 8.90. The molecule has 20 heavy (non-hydrogen) atoms. The standard InChI is InChI=1S/C15H11ClOS3/c1-8-7-18-15-12(8)9(2)13(20-15)14(17)19-11-5-3-10(16)4-6-11/h3-7H,1-2H3. The summed E-state index contributed by atoms with van der Waals surface area (Å²) in [6, 6.07) is 7.37. The van der Waals surface area contributed by atoms with E-state index in [1.807, 2.05) is 19.1 Å². The Kier molecular flexibility index (Phi) is 3.91. The number of fused-ring (bicyclic) bond motifs is 1. The zero-order chi connectivity index (χ0) is 14.3. The van der Waals surface area contributed by atoms with Gasteiger partial charge in [0, 0.05) is 15.3 Å². The van der Waals surface area contributed by atoms with Crippen molar-refractivity contribution in [2.75, 3.05) is 0 Å². The van der Waals surface area contributed by atoms with E-state index in [1.165, 1.54) is 26.7 Å². The van der Waals surface area contributed by atoms with Crippen molar-refractivity contribution in [3.8, 4) is 0 Å². The van der Waals surface area contributed by atoms with Crippen LogP contribution in [-0.2, 0) is 0 Å². The van der Waals surface area contributed by atoms with Crippen LogP contribution in [-0.4, -0.2) is 5.12 Å². The van der Waals surface area contributed by atoms with E-state index < -0.39 is 0 Å². The van der Waals surface area contributed by atoms with Gasteiger partial charge >= 0.3 is 0 Å². The van der Waals surface area contributed by atoms with Crippen LogP contribution >= 0.6 is 46.0 Å². The maximum absolute atomic E-state index is 12.4. The molecule has 0 atom stereocenters. The van der Waals surface area contributed by atoms with Gasteiger partial charge in [-0.05, 0) is 66.4 Å². The molecular weight excluding hydrogens is 328 g/mol. The number of carbonyl (C=O) groups excluding carboxylic acids is 1. The van der Waals surface area contributed by atoms with E-state index in [2.05, 4.69) is 12.3 Å². The number of thioether (sulfide) groups is 1. The van der Waals surface area contributed by atoms with Gasteiger partial charge < -0.3 is 0 Å². The number of rotatable bonds is 2. The summed E-state index contributed by atoms with van der Waals surface area (Å²) in [7, 11) is 0. The highest BCUT2D eigenvalue weighted by molar-refractivity contribution is 8.14. The molecule has 0 unspecified atom stereocenters. The number of aryl methyl sites for hydroxylation is 2. The van der Waals surface area contributed by atoms with Crippen LogP contribution in [0.1, 0.15) is 20.8 Å². The Balaban J connectivity index is 1.92. The Morgan fingerprint density at radius 1 is 1.20 bits per heavy atom. The zero-order valence-electron chi connectivity index (χ0n) is 10.9. The summed E-state index contributed by atoms with van der Waals surface area (Å²) in [5.41, 5.74) is 2.37. The molecule has 0 aliphatic rings. The highest BCUT2D eigenvalue weighted by Gasteiger charge is 2.18. The number of halogens is 1. The molecule has 1 nitrogen and oxygen atoms in total. The van der Waals surface area contributed by atoms with Gasteiger partial charge in [0.1, 0.15) is 0 Å². The van der Waals surface area contributed by atoms with Crippen molar-refractivity contribution in [3.63, 3.8) is 0 Å². The monoisotopic (exact) mass is 338 g/mol. The summed E-state index contributed by atoms with van der Waals surface area (Å²) < 4.78 is 1.24. The Labute approximate surface area is 134 Å². The number of benzene rings is 1. The van der Waals surface area contributed by atoms with Crippen molar-refractivity contribution in [1.82, 2.24) is 0 Å². The molecule has 2 aromatic heterocycles. The van der Waals surface area contributed by atoms with Crippen molar-refractivity contribution in [2.45, 2.75) is 18.7 Å². The molecule has 1 aromatic carbocycles. The second-order valence-electron chi connectivity index (χ2n) is 4.48. The van der Waals surface area contributed by atoms with Crippen LogP contribution in [0.4, 0.5) is 0 Å². The predicted molar refractivity (Wildman–Crippen MR) is 90.8 cm³/mol. The lowest BCUT2D eigenvalue weighted by molar-refractivity contribution is 0.109. The fourth-order valence-electron chi connectivity index (χ4n) is 2.08. The highest BCUT2D eigenvalue weighted by Crippen LogP contribution is 2.40. The molecule has 0 radical (unpaired) electrons. The smallest absolute Gasteiger partial charge is 0.234 e. The van der Waals surface area contributed by atoms with Gasteiger partial charge in [-0.3, -0.25) is 4.79 Å². The summed E-state index contributed by atoms with van der Waals surface area (Å²) in [6.45, 7) is 4.13. The van der Waals surface area contributed by atoms with Gasteiger partial charge in [-0.2, -0.15) is 0 Å². The molecular formula is C15H11ClOS3. The molecule has 0 amide bonds. The quantitative estimate of drug-likeness (QED) is 0.520. The average Bonchev–Trinajstić information content (AvgIpc) is 2.94. The third-order valence-electron chi connectivity index (χ3n) is 3.06. The van der Waals surface area contributed by atoms with Crippen LogP contribution in [0.3, 0.4) is 0 Å². The lowest BCUT2D eigenvalue weighted by Crippen LogP contribution is -1.92. The molecule has 0 spiro atoms. The molecule has 0 saturated carbocycles. The Morgan fingerprint density at radius 3 is 2.55 bits per heavy atom. The molecule has 0 N–H and O–H groups in total. The minimum Gasteiger partial charge on any atom is -0.280 e. The molecule has 0 aliphatic carbocycles. The largest absolute Gasteiger partial charge is 0.280 e. The first-order chi connectivity index (χ1) is 9.56. The molecule has 3 aromatic rings. The van der Waals surface area contributed by atoms with Crippen molar-refractivity contribution >= 4 is 60.6 Å². The summed E-state index contributed by atoms with van der Waals surface area (Å²) >= 11 is 10.4. The van der Waals surface area contributed by atoms with Gasteiger partial charge in [-0.15, -0.1) is 22.7 Å². The van der Waals surface area contributed by atoms with E-state index in [0.717, 1.165) is 15.3 Å². The van der Waals surface area contributed by atoms with Crippen LogP contribution in [0.5, 0.6) is 0 Å². The van der Waals surface area contributed by atoms with E-state index in [0.29, 0.717) is 5.02 Å². The van der Waals surface area contributed by atoms with Crippen LogP contribution < -0.4 is 0 Å². The second-order valence-corrected chi connectivity index (χ2v) is 8.12. The molecule has 0 saturated heterocycles. The summed E-state index contributed by atoms with van der Waals surface area (Å²) in [5, 5.41) is 4.19. The van der Waals surface area contributed by atoms with Crippen molar-refractivity contribution < 1.29 is 4.79 Å². The maximum atomic E-state index is 12.4. The van der Waals surface area contributed by atoms with Crippen molar-refractivity contribution in [1.29, 1.82) is 0 Å². The SMILES string of the molecule is Cc1csc2sc(C(=O)Sc3ccc(Cl)cc3)c(C)c12. The Morgan fingerprint density at radius 2 is 1.90 bits per heavy atom. The van der Waals surface area contributed by atoms with E-state index in [9.17, 15) is 4.79 Å². The van der Waals surface area contributed by atoms with E-state index >= 15 is 0 Å². The summed E-state index contributed by atoms with van der Waals surface area (Å²) in [5.74, 6) is 0. The van der Waals surface area contributed by atoms with Crippen molar-refractivity contribution in [3.05, 3.63) is 50.7 Å². The lowest BCUT2D eigenvalue weighted by Gasteiger charge is -2.00. The predicted octanol–water partition coefficient (Wildman–Crippen LogP) is 6.17. The van der Waals surface area contributed by atoms with E-state index in [4.69, 9.17) is 11.6 Å². The number of hydrogen-bond donors (Lipinski definition) is 0. The molecule has 2 heterocycles. The Bertz CT molecular complexity index is 783. The van der Waals surface area contributed by atoms with Gasteiger partial charge in [0.15, 0.2) is 0 Å². The highest BCUT2D eigenvalue weighted by atomic mass is 35.5. The Hall–Kier alpha value is -0.810. The summed E-state index contributed by atoms with van der Waals surface area (Å²) in [6.07, 6.45) is 0. The van der Waals surface area contributed by atoms with Crippen LogP contribution in [0, 0.1) is 13.8 Å². The normalized spacial score (nSPS) is 11.2. The fraction of sp³-hybridized carbons (Fsp3) is 0.133. The molecule has 0 bridgehead atoms. The second kappa shape index (κ2) is 5.53. The van der Waals surface area contributed by atoms with Crippen LogP contribution in [0.25, 0.3) is 9.40 Å². The molecule has 3 rings (SSSR count). The minimum absolute atomic E-state index is 0.109. The topological polar surface area (TPSA) is 17.1 Å². The zero-order valence-corrected chi connectivity index (χ0v) is 14.1. The molecule has 0 fully saturated rings. The van der Waals surface area contributed by atoms with Gasteiger partial charge in [-0.25, -0.2) is 0 Å². The molecule has 102 valence electrons.